The van der Waals surface area contributed by atoms with E-state index < -0.39 is 23.7 Å². The van der Waals surface area contributed by atoms with Gasteiger partial charge in [0.25, 0.3) is 0 Å². The average Bonchev–Trinajstić information content (AvgIpc) is 2.52. The highest BCUT2D eigenvalue weighted by molar-refractivity contribution is 5.82. The minimum Gasteiger partial charge on any atom is -0.467 e. The molecule has 5 heteroatoms. The van der Waals surface area contributed by atoms with E-state index in [1.165, 1.54) is 17.6 Å². The Balaban J connectivity index is 2.16. The van der Waals surface area contributed by atoms with E-state index in [0.717, 1.165) is 6.42 Å². The van der Waals surface area contributed by atoms with Crippen LogP contribution in [0.1, 0.15) is 45.1 Å². The molecule has 1 amide bonds. The largest absolute Gasteiger partial charge is 0.467 e. The zero-order valence-corrected chi connectivity index (χ0v) is 14.2. The molecule has 0 saturated carbocycles. The molecule has 1 aromatic rings. The zero-order valence-electron chi connectivity index (χ0n) is 14.2. The van der Waals surface area contributed by atoms with Crippen LogP contribution in [0, 0.1) is 0 Å². The Morgan fingerprint density at radius 2 is 1.83 bits per heavy atom. The molecule has 1 aromatic carbocycles. The van der Waals surface area contributed by atoms with Gasteiger partial charge in [0.1, 0.15) is 11.6 Å². The highest BCUT2D eigenvalue weighted by Gasteiger charge is 2.39. The molecule has 1 fully saturated rings. The molecular weight excluding hydrogens is 294 g/mol. The molecule has 0 bridgehead atoms. The number of methoxy groups -OCH3 is 1. The lowest BCUT2D eigenvalue weighted by Gasteiger charge is -2.38. The number of carbonyl (C=O) groups is 2. The van der Waals surface area contributed by atoms with Crippen molar-refractivity contribution in [3.05, 3.63) is 35.9 Å². The lowest BCUT2D eigenvalue weighted by molar-refractivity contribution is -0.148. The number of carbonyl (C=O) groups excluding carboxylic acids is 2. The third-order valence-electron chi connectivity index (χ3n) is 3.97. The Kier molecular flexibility index (Phi) is 5.29. The Morgan fingerprint density at radius 1 is 1.17 bits per heavy atom. The van der Waals surface area contributed by atoms with Crippen molar-refractivity contribution in [2.75, 3.05) is 13.7 Å². The van der Waals surface area contributed by atoms with Crippen LogP contribution in [-0.4, -0.2) is 42.3 Å². The molecule has 0 radical (unpaired) electrons. The number of nitrogens with zero attached hydrogens (tertiary/aromatic N) is 1. The second-order valence-electron chi connectivity index (χ2n) is 6.84. The molecular formula is C18H25NO4. The minimum absolute atomic E-state index is 0.235. The van der Waals surface area contributed by atoms with Crippen LogP contribution in [0.5, 0.6) is 0 Å². The highest BCUT2D eigenvalue weighted by Crippen LogP contribution is 2.32. The van der Waals surface area contributed by atoms with Crippen molar-refractivity contribution in [3.63, 3.8) is 0 Å². The van der Waals surface area contributed by atoms with Crippen LogP contribution in [0.25, 0.3) is 0 Å². The second-order valence-corrected chi connectivity index (χ2v) is 6.84. The Bertz CT molecular complexity index is 550. The first-order chi connectivity index (χ1) is 10.8. The minimum atomic E-state index is -0.603. The summed E-state index contributed by atoms with van der Waals surface area (Å²) < 4.78 is 10.3. The number of benzene rings is 1. The molecule has 0 aromatic heterocycles. The van der Waals surface area contributed by atoms with E-state index in [1.807, 2.05) is 39.0 Å². The van der Waals surface area contributed by atoms with Gasteiger partial charge in [-0.3, -0.25) is 4.90 Å². The van der Waals surface area contributed by atoms with Gasteiger partial charge in [-0.25, -0.2) is 9.59 Å². The molecule has 126 valence electrons. The number of amides is 1. The first kappa shape index (κ1) is 17.3. The van der Waals surface area contributed by atoms with Crippen LogP contribution in [0.4, 0.5) is 4.79 Å². The summed E-state index contributed by atoms with van der Waals surface area (Å²) in [5.41, 5.74) is 0.596. The monoisotopic (exact) mass is 319 g/mol. The van der Waals surface area contributed by atoms with Crippen LogP contribution >= 0.6 is 0 Å². The molecule has 0 N–H and O–H groups in total. The summed E-state index contributed by atoms with van der Waals surface area (Å²) in [6, 6.07) is 9.46. The molecule has 0 spiro atoms. The van der Waals surface area contributed by atoms with Crippen LogP contribution in [0.3, 0.4) is 0 Å². The number of ether oxygens (including phenoxy) is 2. The van der Waals surface area contributed by atoms with Crippen LogP contribution in [0.15, 0.2) is 30.3 Å². The Morgan fingerprint density at radius 3 is 2.39 bits per heavy atom. The van der Waals surface area contributed by atoms with Gasteiger partial charge in [-0.2, -0.15) is 0 Å². The predicted molar refractivity (Wildman–Crippen MR) is 87.2 cm³/mol. The van der Waals surface area contributed by atoms with E-state index in [-0.39, 0.29) is 5.92 Å². The standard InChI is InChI=1S/C18H25NO4/c1-18(2,3)23-17(21)19-11-10-14(12-15(19)16(20)22-4)13-8-6-5-7-9-13/h5-9,14-15H,10-12H2,1-4H3/t14-,15-/m0/s1. The van der Waals surface area contributed by atoms with Gasteiger partial charge in [0.05, 0.1) is 7.11 Å². The molecule has 0 aliphatic carbocycles. The van der Waals surface area contributed by atoms with Crippen LogP contribution in [-0.2, 0) is 14.3 Å². The van der Waals surface area contributed by atoms with Crippen molar-refractivity contribution < 1.29 is 19.1 Å². The topological polar surface area (TPSA) is 55.8 Å². The summed E-state index contributed by atoms with van der Waals surface area (Å²) >= 11 is 0. The fourth-order valence-electron chi connectivity index (χ4n) is 2.89. The molecule has 5 nitrogen and oxygen atoms in total. The Labute approximate surface area is 137 Å². The van der Waals surface area contributed by atoms with Crippen LogP contribution < -0.4 is 0 Å². The fraction of sp³-hybridized carbons (Fsp3) is 0.556. The predicted octanol–water partition coefficient (Wildman–Crippen LogP) is 3.34. The quantitative estimate of drug-likeness (QED) is 0.785. The lowest BCUT2D eigenvalue weighted by atomic mass is 9.85. The number of hydrogen-bond acceptors (Lipinski definition) is 4. The highest BCUT2D eigenvalue weighted by atomic mass is 16.6. The molecule has 2 rings (SSSR count). The normalized spacial score (nSPS) is 21.7. The third-order valence-corrected chi connectivity index (χ3v) is 3.97. The number of piperidine rings is 1. The maximum Gasteiger partial charge on any atom is 0.411 e. The second kappa shape index (κ2) is 7.02. The van der Waals surface area contributed by atoms with Gasteiger partial charge >= 0.3 is 12.1 Å². The summed E-state index contributed by atoms with van der Waals surface area (Å²) in [5.74, 6) is -0.157. The van der Waals surface area contributed by atoms with E-state index in [2.05, 4.69) is 12.1 Å². The van der Waals surface area contributed by atoms with Gasteiger partial charge in [-0.15, -0.1) is 0 Å². The maximum absolute atomic E-state index is 12.4. The molecule has 1 heterocycles. The van der Waals surface area contributed by atoms with Crippen molar-refractivity contribution in [3.8, 4) is 0 Å². The molecule has 1 saturated heterocycles. The molecule has 1 aliphatic heterocycles. The fourth-order valence-corrected chi connectivity index (χ4v) is 2.89. The van der Waals surface area contributed by atoms with Gasteiger partial charge in [-0.1, -0.05) is 30.3 Å². The van der Waals surface area contributed by atoms with E-state index >= 15 is 0 Å². The van der Waals surface area contributed by atoms with Gasteiger partial charge in [-0.05, 0) is 45.1 Å². The molecule has 2 atom stereocenters. The van der Waals surface area contributed by atoms with Gasteiger partial charge < -0.3 is 9.47 Å². The van der Waals surface area contributed by atoms with E-state index in [9.17, 15) is 9.59 Å². The van der Waals surface area contributed by atoms with Crippen molar-refractivity contribution >= 4 is 12.1 Å². The summed E-state index contributed by atoms with van der Waals surface area (Å²) in [6.45, 7) is 5.92. The van der Waals surface area contributed by atoms with Crippen molar-refractivity contribution in [2.45, 2.75) is 51.2 Å². The van der Waals surface area contributed by atoms with E-state index in [0.29, 0.717) is 13.0 Å². The van der Waals surface area contributed by atoms with E-state index in [4.69, 9.17) is 9.47 Å². The summed E-state index contributed by atoms with van der Waals surface area (Å²) in [4.78, 5) is 26.0. The maximum atomic E-state index is 12.4. The molecule has 1 aliphatic rings. The summed E-state index contributed by atoms with van der Waals surface area (Å²) in [7, 11) is 1.35. The van der Waals surface area contributed by atoms with Crippen molar-refractivity contribution in [1.82, 2.24) is 4.90 Å². The SMILES string of the molecule is COC(=O)[C@@H]1C[C@@H](c2ccccc2)CCN1C(=O)OC(C)(C)C. The van der Waals surface area contributed by atoms with Crippen molar-refractivity contribution in [1.29, 1.82) is 0 Å². The summed E-state index contributed by atoms with van der Waals surface area (Å²) in [5, 5.41) is 0. The number of rotatable bonds is 2. The lowest BCUT2D eigenvalue weighted by Crippen LogP contribution is -2.51. The molecule has 23 heavy (non-hydrogen) atoms. The zero-order chi connectivity index (χ0) is 17.0. The smallest absolute Gasteiger partial charge is 0.411 e. The van der Waals surface area contributed by atoms with Gasteiger partial charge in [0, 0.05) is 6.54 Å². The van der Waals surface area contributed by atoms with Crippen molar-refractivity contribution in [2.24, 2.45) is 0 Å². The number of hydrogen-bond donors (Lipinski definition) is 0. The molecule has 0 unspecified atom stereocenters. The Hall–Kier alpha value is -2.04. The van der Waals surface area contributed by atoms with Crippen LogP contribution in [0.2, 0.25) is 0 Å². The number of likely N-dealkylation sites (tertiary alicyclic amines) is 1. The first-order valence-electron chi connectivity index (χ1n) is 7.94. The van der Waals surface area contributed by atoms with E-state index in [1.54, 1.807) is 0 Å². The summed E-state index contributed by atoms with van der Waals surface area (Å²) in [6.07, 6.45) is 0.895. The van der Waals surface area contributed by atoms with Gasteiger partial charge in [0.2, 0.25) is 0 Å². The average molecular weight is 319 g/mol. The number of esters is 1. The third kappa shape index (κ3) is 4.47. The van der Waals surface area contributed by atoms with Gasteiger partial charge in [0.15, 0.2) is 0 Å². The first-order valence-corrected chi connectivity index (χ1v) is 7.94.